The van der Waals surface area contributed by atoms with Gasteiger partial charge in [0, 0.05) is 15.4 Å². The van der Waals surface area contributed by atoms with Crippen molar-refractivity contribution in [2.24, 2.45) is 0 Å². The Kier molecular flexibility index (Phi) is 6.76. The zero-order valence-electron chi connectivity index (χ0n) is 14.6. The number of carboxylic acid groups (broad SMARTS) is 1. The molecule has 150 valence electrons. The van der Waals surface area contributed by atoms with E-state index < -0.39 is 11.9 Å². The highest BCUT2D eigenvalue weighted by molar-refractivity contribution is 9.10. The summed E-state index contributed by atoms with van der Waals surface area (Å²) in [6.45, 7) is 0. The molecule has 2 N–H and O–H groups in total. The summed E-state index contributed by atoms with van der Waals surface area (Å²) >= 11 is 22.8. The number of hydrogen-bond acceptors (Lipinski definition) is 4. The fraction of sp³-hybridized carbons (Fsp3) is 0.0526. The Labute approximate surface area is 193 Å². The zero-order chi connectivity index (χ0) is 21.3. The van der Waals surface area contributed by atoms with Crippen molar-refractivity contribution in [3.8, 4) is 16.9 Å². The second kappa shape index (κ2) is 8.93. The predicted molar refractivity (Wildman–Crippen MR) is 120 cm³/mol. The van der Waals surface area contributed by atoms with Crippen molar-refractivity contribution >= 4 is 78.9 Å². The van der Waals surface area contributed by atoms with Crippen LogP contribution in [0.5, 0.6) is 5.75 Å². The third kappa shape index (κ3) is 4.39. The first-order valence-electron chi connectivity index (χ1n) is 7.88. The van der Waals surface area contributed by atoms with E-state index in [1.54, 1.807) is 29.6 Å². The zero-order valence-corrected chi connectivity index (χ0v) is 19.2. The summed E-state index contributed by atoms with van der Waals surface area (Å²) < 4.78 is 5.93. The lowest BCUT2D eigenvalue weighted by Gasteiger charge is -2.12. The first kappa shape index (κ1) is 21.9. The van der Waals surface area contributed by atoms with Crippen molar-refractivity contribution in [3.05, 3.63) is 66.4 Å². The lowest BCUT2D eigenvalue weighted by atomic mass is 10.0. The molecule has 0 saturated heterocycles. The number of carbonyl (C=O) groups excluding carboxylic acids is 1. The van der Waals surface area contributed by atoms with Crippen LogP contribution >= 0.6 is 62.1 Å². The number of carbonyl (C=O) groups is 2. The molecule has 3 rings (SSSR count). The molecule has 0 unspecified atom stereocenters. The summed E-state index contributed by atoms with van der Waals surface area (Å²) in [6.07, 6.45) is 0. The minimum absolute atomic E-state index is 0.00241. The van der Waals surface area contributed by atoms with Gasteiger partial charge in [0.25, 0.3) is 5.91 Å². The van der Waals surface area contributed by atoms with Gasteiger partial charge in [0.05, 0.1) is 22.7 Å². The predicted octanol–water partition coefficient (Wildman–Crippen LogP) is 7.10. The van der Waals surface area contributed by atoms with Gasteiger partial charge in [0.15, 0.2) is 5.75 Å². The van der Waals surface area contributed by atoms with E-state index in [2.05, 4.69) is 21.2 Å². The number of nitrogens with one attached hydrogen (secondary N) is 1. The van der Waals surface area contributed by atoms with Gasteiger partial charge in [-0.15, -0.1) is 11.3 Å². The van der Waals surface area contributed by atoms with E-state index in [1.807, 2.05) is 0 Å². The Morgan fingerprint density at radius 2 is 1.79 bits per heavy atom. The smallest absolute Gasteiger partial charge is 0.339 e. The fourth-order valence-electron chi connectivity index (χ4n) is 2.61. The van der Waals surface area contributed by atoms with Gasteiger partial charge in [-0.25, -0.2) is 4.79 Å². The minimum atomic E-state index is -1.17. The molecule has 29 heavy (non-hydrogen) atoms. The highest BCUT2D eigenvalue weighted by Gasteiger charge is 2.24. The molecular weight excluding hydrogens is 525 g/mol. The molecule has 0 aliphatic heterocycles. The van der Waals surface area contributed by atoms with Crippen molar-refractivity contribution in [1.29, 1.82) is 0 Å². The lowest BCUT2D eigenvalue weighted by molar-refractivity contribution is 0.0699. The number of aromatic carboxylic acids is 1. The van der Waals surface area contributed by atoms with Crippen LogP contribution in [-0.2, 0) is 0 Å². The molecule has 3 aromatic rings. The van der Waals surface area contributed by atoms with Crippen molar-refractivity contribution < 1.29 is 19.4 Å². The largest absolute Gasteiger partial charge is 0.494 e. The summed E-state index contributed by atoms with van der Waals surface area (Å²) in [4.78, 5) is 24.6. The number of rotatable bonds is 5. The Hall–Kier alpha value is -1.77. The van der Waals surface area contributed by atoms with E-state index in [-0.39, 0.29) is 36.9 Å². The van der Waals surface area contributed by atoms with Crippen LogP contribution in [0.3, 0.4) is 0 Å². The maximum Gasteiger partial charge on any atom is 0.339 e. The Balaban J connectivity index is 2.00. The number of anilines is 1. The van der Waals surface area contributed by atoms with Crippen LogP contribution in [0.25, 0.3) is 11.1 Å². The van der Waals surface area contributed by atoms with Crippen LogP contribution in [0.2, 0.25) is 15.1 Å². The molecule has 5 nitrogen and oxygen atoms in total. The second-order valence-electron chi connectivity index (χ2n) is 5.69. The SMILES string of the molecule is COc1c(Cl)cc(C(=O)Nc2scc(-c3ccc(Br)cc3)c2C(=O)O)c(Cl)c1Cl. The Morgan fingerprint density at radius 1 is 1.14 bits per heavy atom. The van der Waals surface area contributed by atoms with Crippen molar-refractivity contribution in [2.75, 3.05) is 12.4 Å². The maximum absolute atomic E-state index is 12.8. The quantitative estimate of drug-likeness (QED) is 0.342. The van der Waals surface area contributed by atoms with Gasteiger partial charge in [-0.1, -0.05) is 62.9 Å². The topological polar surface area (TPSA) is 75.6 Å². The number of ether oxygens (including phenoxy) is 1. The van der Waals surface area contributed by atoms with Crippen molar-refractivity contribution in [2.45, 2.75) is 0 Å². The van der Waals surface area contributed by atoms with Crippen LogP contribution in [0, 0.1) is 0 Å². The van der Waals surface area contributed by atoms with Gasteiger partial charge in [0.2, 0.25) is 0 Å². The molecule has 10 heteroatoms. The number of thiophene rings is 1. The number of methoxy groups -OCH3 is 1. The lowest BCUT2D eigenvalue weighted by Crippen LogP contribution is -2.14. The summed E-state index contributed by atoms with van der Waals surface area (Å²) in [6, 6.07) is 8.48. The molecule has 0 aliphatic rings. The van der Waals surface area contributed by atoms with Gasteiger partial charge < -0.3 is 15.2 Å². The van der Waals surface area contributed by atoms with Crippen LogP contribution in [0.1, 0.15) is 20.7 Å². The number of benzene rings is 2. The average molecular weight is 536 g/mol. The monoisotopic (exact) mass is 533 g/mol. The average Bonchev–Trinajstić information content (AvgIpc) is 3.09. The summed E-state index contributed by atoms with van der Waals surface area (Å²) in [5.74, 6) is -1.67. The Bertz CT molecular complexity index is 1120. The summed E-state index contributed by atoms with van der Waals surface area (Å²) in [5.41, 5.74) is 1.17. The molecule has 1 heterocycles. The summed E-state index contributed by atoms with van der Waals surface area (Å²) in [5, 5.41) is 14.2. The van der Waals surface area contributed by atoms with Gasteiger partial charge in [-0.2, -0.15) is 0 Å². The fourth-order valence-corrected chi connectivity index (χ4v) is 4.66. The highest BCUT2D eigenvalue weighted by Crippen LogP contribution is 2.41. The highest BCUT2D eigenvalue weighted by atomic mass is 79.9. The van der Waals surface area contributed by atoms with E-state index >= 15 is 0 Å². The molecule has 0 saturated carbocycles. The first-order valence-corrected chi connectivity index (χ1v) is 10.7. The third-order valence-electron chi connectivity index (χ3n) is 3.95. The van der Waals surface area contributed by atoms with Crippen molar-refractivity contribution in [3.63, 3.8) is 0 Å². The van der Waals surface area contributed by atoms with Crippen LogP contribution in [0.4, 0.5) is 5.00 Å². The van der Waals surface area contributed by atoms with Crippen LogP contribution < -0.4 is 10.1 Å². The second-order valence-corrected chi connectivity index (χ2v) is 8.65. The molecule has 2 aromatic carbocycles. The molecule has 1 amide bonds. The molecule has 0 aliphatic carbocycles. The Morgan fingerprint density at radius 3 is 2.38 bits per heavy atom. The molecule has 0 radical (unpaired) electrons. The molecule has 0 atom stereocenters. The summed E-state index contributed by atoms with van der Waals surface area (Å²) in [7, 11) is 1.37. The van der Waals surface area contributed by atoms with Gasteiger partial charge in [-0.3, -0.25) is 4.79 Å². The minimum Gasteiger partial charge on any atom is -0.494 e. The van der Waals surface area contributed by atoms with Gasteiger partial charge >= 0.3 is 5.97 Å². The maximum atomic E-state index is 12.8. The molecule has 0 spiro atoms. The number of amides is 1. The van der Waals surface area contributed by atoms with E-state index in [4.69, 9.17) is 39.5 Å². The van der Waals surface area contributed by atoms with E-state index in [0.29, 0.717) is 11.1 Å². The van der Waals surface area contributed by atoms with Gasteiger partial charge in [-0.05, 0) is 23.8 Å². The van der Waals surface area contributed by atoms with Crippen LogP contribution in [0.15, 0.2) is 40.2 Å². The number of hydrogen-bond donors (Lipinski definition) is 2. The molecular formula is C19H11BrCl3NO4S. The van der Waals surface area contributed by atoms with E-state index in [9.17, 15) is 14.7 Å². The van der Waals surface area contributed by atoms with Gasteiger partial charge in [0.1, 0.15) is 15.6 Å². The first-order chi connectivity index (χ1) is 13.7. The van der Waals surface area contributed by atoms with Crippen molar-refractivity contribution in [1.82, 2.24) is 0 Å². The molecule has 0 fully saturated rings. The van der Waals surface area contributed by atoms with Crippen LogP contribution in [-0.4, -0.2) is 24.1 Å². The molecule has 1 aromatic heterocycles. The normalized spacial score (nSPS) is 10.7. The third-order valence-corrected chi connectivity index (χ3v) is 6.51. The standard InChI is InChI=1S/C19H11BrCl3NO4S/c1-28-16-12(21)6-10(14(22)15(16)23)17(25)24-18-13(19(26)27)11(7-29-18)8-2-4-9(20)5-3-8/h2-7H,1H3,(H,24,25)(H,26,27). The van der Waals surface area contributed by atoms with E-state index in [1.165, 1.54) is 13.2 Å². The number of carboxylic acids is 1. The molecule has 0 bridgehead atoms. The van der Waals surface area contributed by atoms with E-state index in [0.717, 1.165) is 15.8 Å². The number of halogens is 4.